The minimum atomic E-state index is -0.409. The maximum atomic E-state index is 11.9. The van der Waals surface area contributed by atoms with Crippen LogP contribution in [0.2, 0.25) is 0 Å². The number of hydrogen-bond donors (Lipinski definition) is 0. The highest BCUT2D eigenvalue weighted by Crippen LogP contribution is 2.26. The van der Waals surface area contributed by atoms with Crippen LogP contribution in [0, 0.1) is 34.6 Å². The quantitative estimate of drug-likeness (QED) is 0.596. The molecule has 0 spiro atoms. The molecule has 94 valence electrons. The van der Waals surface area contributed by atoms with Crippen LogP contribution in [0.5, 0.6) is 0 Å². The molecule has 0 saturated carbocycles. The van der Waals surface area contributed by atoms with Crippen molar-refractivity contribution in [2.24, 2.45) is 0 Å². The number of carbonyl (C=O) groups excluding carboxylic acids is 1. The molecule has 1 rings (SSSR count). The molecule has 1 aromatic carbocycles. The van der Waals surface area contributed by atoms with Gasteiger partial charge >= 0.3 is 5.97 Å². The van der Waals surface area contributed by atoms with E-state index in [9.17, 15) is 4.79 Å². The second-order valence-electron chi connectivity index (χ2n) is 4.28. The zero-order chi connectivity index (χ0) is 13.2. The highest BCUT2D eigenvalue weighted by Gasteiger charge is 2.19. The van der Waals surface area contributed by atoms with Crippen LogP contribution >= 0.6 is 0 Å². The van der Waals surface area contributed by atoms with Gasteiger partial charge in [-0.2, -0.15) is 4.89 Å². The van der Waals surface area contributed by atoms with Gasteiger partial charge in [-0.05, 0) is 69.4 Å². The number of benzene rings is 1. The molecule has 0 aliphatic rings. The summed E-state index contributed by atoms with van der Waals surface area (Å²) in [5, 5.41) is 0. The van der Waals surface area contributed by atoms with Gasteiger partial charge in [-0.25, -0.2) is 4.79 Å². The van der Waals surface area contributed by atoms with Crippen molar-refractivity contribution in [3.05, 3.63) is 33.4 Å². The van der Waals surface area contributed by atoms with E-state index in [0.717, 1.165) is 22.3 Å². The first-order valence-electron chi connectivity index (χ1n) is 5.82. The van der Waals surface area contributed by atoms with Gasteiger partial charge < -0.3 is 0 Å². The predicted octanol–water partition coefficient (Wildman–Crippen LogP) is 3.34. The third kappa shape index (κ3) is 2.50. The topological polar surface area (TPSA) is 35.5 Å². The van der Waals surface area contributed by atoms with E-state index in [0.29, 0.717) is 12.2 Å². The molecule has 0 fully saturated rings. The normalized spacial score (nSPS) is 10.5. The van der Waals surface area contributed by atoms with E-state index in [1.54, 1.807) is 6.92 Å². The summed E-state index contributed by atoms with van der Waals surface area (Å²) in [4.78, 5) is 21.4. The van der Waals surface area contributed by atoms with Gasteiger partial charge in [-0.1, -0.05) is 0 Å². The average Bonchev–Trinajstić information content (AvgIpc) is 2.31. The lowest BCUT2D eigenvalue weighted by molar-refractivity contribution is -0.236. The fourth-order valence-electron chi connectivity index (χ4n) is 1.96. The molecule has 0 N–H and O–H groups in total. The second-order valence-corrected chi connectivity index (χ2v) is 4.28. The molecule has 0 unspecified atom stereocenters. The van der Waals surface area contributed by atoms with E-state index >= 15 is 0 Å². The minimum Gasteiger partial charge on any atom is -0.293 e. The summed E-state index contributed by atoms with van der Waals surface area (Å²) in [7, 11) is 0. The van der Waals surface area contributed by atoms with Crippen molar-refractivity contribution in [1.29, 1.82) is 0 Å². The molecule has 0 atom stereocenters. The van der Waals surface area contributed by atoms with Crippen LogP contribution < -0.4 is 0 Å². The van der Waals surface area contributed by atoms with Crippen LogP contribution in [0.15, 0.2) is 0 Å². The Balaban J connectivity index is 3.29. The predicted molar refractivity (Wildman–Crippen MR) is 67.2 cm³/mol. The fraction of sp³-hybridized carbons (Fsp3) is 0.500. The van der Waals surface area contributed by atoms with E-state index in [4.69, 9.17) is 9.78 Å². The first-order chi connectivity index (χ1) is 7.91. The average molecular weight is 236 g/mol. The van der Waals surface area contributed by atoms with Gasteiger partial charge in [0.05, 0.1) is 12.2 Å². The van der Waals surface area contributed by atoms with E-state index in [1.807, 2.05) is 27.7 Å². The van der Waals surface area contributed by atoms with E-state index in [2.05, 4.69) is 6.92 Å². The lowest BCUT2D eigenvalue weighted by Crippen LogP contribution is -2.13. The van der Waals surface area contributed by atoms with Gasteiger partial charge in [-0.15, -0.1) is 0 Å². The van der Waals surface area contributed by atoms with Crippen molar-refractivity contribution in [1.82, 2.24) is 0 Å². The zero-order valence-electron chi connectivity index (χ0n) is 11.4. The van der Waals surface area contributed by atoms with Gasteiger partial charge in [0.15, 0.2) is 0 Å². The van der Waals surface area contributed by atoms with Crippen LogP contribution in [0.3, 0.4) is 0 Å². The summed E-state index contributed by atoms with van der Waals surface area (Å²) in [6.45, 7) is 12.1. The van der Waals surface area contributed by atoms with Crippen LogP contribution in [0.4, 0.5) is 0 Å². The maximum Gasteiger partial charge on any atom is 0.373 e. The molecule has 0 heterocycles. The largest absolute Gasteiger partial charge is 0.373 e. The summed E-state index contributed by atoms with van der Waals surface area (Å²) in [5.41, 5.74) is 6.06. The summed E-state index contributed by atoms with van der Waals surface area (Å²) in [5.74, 6) is -0.409. The fourth-order valence-corrected chi connectivity index (χ4v) is 1.96. The molecular formula is C14H20O3. The minimum absolute atomic E-state index is 0.355. The molecule has 1 aromatic rings. The standard InChI is InChI=1S/C14H20O3/c1-7-16-17-14(15)13-11(5)9(3)8(2)10(4)12(13)6/h7H2,1-6H3. The first-order valence-corrected chi connectivity index (χ1v) is 5.82. The summed E-state index contributed by atoms with van der Waals surface area (Å²) in [6.07, 6.45) is 0. The molecule has 0 aliphatic carbocycles. The Labute approximate surface area is 103 Å². The summed E-state index contributed by atoms with van der Waals surface area (Å²) >= 11 is 0. The van der Waals surface area contributed by atoms with Crippen LogP contribution in [0.1, 0.15) is 45.1 Å². The Hall–Kier alpha value is -1.35. The van der Waals surface area contributed by atoms with E-state index in [-0.39, 0.29) is 0 Å². The highest BCUT2D eigenvalue weighted by molar-refractivity contribution is 5.93. The third-order valence-corrected chi connectivity index (χ3v) is 3.46. The zero-order valence-corrected chi connectivity index (χ0v) is 11.4. The van der Waals surface area contributed by atoms with Crippen molar-refractivity contribution in [3.63, 3.8) is 0 Å². The molecule has 0 saturated heterocycles. The highest BCUT2D eigenvalue weighted by atomic mass is 17.2. The molecule has 17 heavy (non-hydrogen) atoms. The Morgan fingerprint density at radius 1 is 0.882 bits per heavy atom. The lowest BCUT2D eigenvalue weighted by Gasteiger charge is -2.16. The SMILES string of the molecule is CCOOC(=O)c1c(C)c(C)c(C)c(C)c1C. The van der Waals surface area contributed by atoms with E-state index < -0.39 is 5.97 Å². The van der Waals surface area contributed by atoms with Gasteiger partial charge in [0, 0.05) is 0 Å². The van der Waals surface area contributed by atoms with Crippen molar-refractivity contribution in [3.8, 4) is 0 Å². The Morgan fingerprint density at radius 2 is 1.29 bits per heavy atom. The van der Waals surface area contributed by atoms with E-state index in [1.165, 1.54) is 5.56 Å². The van der Waals surface area contributed by atoms with Crippen molar-refractivity contribution < 1.29 is 14.6 Å². The van der Waals surface area contributed by atoms with Crippen molar-refractivity contribution >= 4 is 5.97 Å². The van der Waals surface area contributed by atoms with Gasteiger partial charge in [0.25, 0.3) is 0 Å². The van der Waals surface area contributed by atoms with Crippen LogP contribution in [-0.4, -0.2) is 12.6 Å². The molecular weight excluding hydrogens is 216 g/mol. The summed E-state index contributed by atoms with van der Waals surface area (Å²) < 4.78 is 0. The third-order valence-electron chi connectivity index (χ3n) is 3.46. The van der Waals surface area contributed by atoms with Gasteiger partial charge in [-0.3, -0.25) is 4.89 Å². The number of hydrogen-bond acceptors (Lipinski definition) is 3. The second kappa shape index (κ2) is 5.32. The smallest absolute Gasteiger partial charge is 0.293 e. The lowest BCUT2D eigenvalue weighted by atomic mass is 9.90. The molecule has 0 aliphatic heterocycles. The molecule has 0 aromatic heterocycles. The molecule has 3 nitrogen and oxygen atoms in total. The van der Waals surface area contributed by atoms with Crippen molar-refractivity contribution in [2.75, 3.05) is 6.61 Å². The Bertz CT molecular complexity index is 418. The summed E-state index contributed by atoms with van der Waals surface area (Å²) in [6, 6.07) is 0. The van der Waals surface area contributed by atoms with Crippen molar-refractivity contribution in [2.45, 2.75) is 41.5 Å². The number of carbonyl (C=O) groups is 1. The van der Waals surface area contributed by atoms with Crippen LogP contribution in [0.25, 0.3) is 0 Å². The molecule has 0 amide bonds. The van der Waals surface area contributed by atoms with Gasteiger partial charge in [0.1, 0.15) is 0 Å². The Kier molecular flexibility index (Phi) is 4.29. The maximum absolute atomic E-state index is 11.9. The molecule has 3 heteroatoms. The van der Waals surface area contributed by atoms with Crippen LogP contribution in [-0.2, 0) is 9.78 Å². The molecule has 0 radical (unpaired) electrons. The van der Waals surface area contributed by atoms with Gasteiger partial charge in [0.2, 0.25) is 0 Å². The first kappa shape index (κ1) is 13.7. The number of rotatable bonds is 3. The molecule has 0 bridgehead atoms. The Morgan fingerprint density at radius 3 is 1.71 bits per heavy atom. The monoisotopic (exact) mass is 236 g/mol.